The maximum atomic E-state index is 13.2. The van der Waals surface area contributed by atoms with Crippen LogP contribution in [0.1, 0.15) is 39.7 Å². The Morgan fingerprint density at radius 1 is 1.22 bits per heavy atom. The van der Waals surface area contributed by atoms with Gasteiger partial charge in [-0.1, -0.05) is 30.3 Å². The van der Waals surface area contributed by atoms with Crippen LogP contribution in [0.2, 0.25) is 0 Å². The number of benzene rings is 2. The number of rotatable bonds is 5. The molecule has 2 heterocycles. The predicted molar refractivity (Wildman–Crippen MR) is 151 cm³/mol. The van der Waals surface area contributed by atoms with Crippen molar-refractivity contribution in [2.24, 2.45) is 7.05 Å². The van der Waals surface area contributed by atoms with Crippen LogP contribution >= 0.6 is 0 Å². The summed E-state index contributed by atoms with van der Waals surface area (Å²) in [6, 6.07) is 14.3. The summed E-state index contributed by atoms with van der Waals surface area (Å²) in [7, 11) is 1.65. The molecule has 0 radical (unpaired) electrons. The lowest BCUT2D eigenvalue weighted by Crippen LogP contribution is -2.53. The van der Waals surface area contributed by atoms with Gasteiger partial charge in [-0.2, -0.15) is 5.26 Å². The number of nitriles is 1. The Labute approximate surface area is 238 Å². The average Bonchev–Trinajstić information content (AvgIpc) is 3.18. The molecule has 11 nitrogen and oxygen atoms in total. The van der Waals surface area contributed by atoms with E-state index < -0.39 is 41.1 Å². The molecule has 41 heavy (non-hydrogen) atoms. The second-order valence-electron chi connectivity index (χ2n) is 11.7. The van der Waals surface area contributed by atoms with Crippen molar-refractivity contribution in [2.45, 2.75) is 63.9 Å². The SMILES string of the molecule is Cn1c(=O)oc2ccc(-c3ccc(C[C@@H](C#N)NC(=O)[C@@H]4CN(C(=O)OC(C)(C)C)CCC(C)(O)CO4)cc3)cc21. The fourth-order valence-corrected chi connectivity index (χ4v) is 4.49. The Morgan fingerprint density at radius 2 is 1.90 bits per heavy atom. The zero-order chi connectivity index (χ0) is 29.9. The van der Waals surface area contributed by atoms with Crippen LogP contribution < -0.4 is 11.1 Å². The van der Waals surface area contributed by atoms with E-state index in [1.54, 1.807) is 40.8 Å². The number of aromatic nitrogens is 1. The highest BCUT2D eigenvalue weighted by molar-refractivity contribution is 5.83. The van der Waals surface area contributed by atoms with Crippen LogP contribution in [0.15, 0.2) is 51.7 Å². The monoisotopic (exact) mass is 564 g/mol. The second kappa shape index (κ2) is 11.8. The Hall–Kier alpha value is -4.14. The predicted octanol–water partition coefficient (Wildman–Crippen LogP) is 3.13. The van der Waals surface area contributed by atoms with Crippen LogP contribution in [0, 0.1) is 11.3 Å². The van der Waals surface area contributed by atoms with Crippen LogP contribution in [0.3, 0.4) is 0 Å². The summed E-state index contributed by atoms with van der Waals surface area (Å²) in [6.45, 7) is 6.84. The van der Waals surface area contributed by atoms with Gasteiger partial charge in [0.15, 0.2) is 11.7 Å². The summed E-state index contributed by atoms with van der Waals surface area (Å²) in [6.07, 6.45) is -1.20. The number of aliphatic hydroxyl groups is 1. The lowest BCUT2D eigenvalue weighted by atomic mass is 10.0. The molecule has 4 rings (SSSR count). The lowest BCUT2D eigenvalue weighted by molar-refractivity contribution is -0.143. The largest absolute Gasteiger partial charge is 0.444 e. The summed E-state index contributed by atoms with van der Waals surface area (Å²) < 4.78 is 17.8. The first-order chi connectivity index (χ1) is 19.2. The van der Waals surface area contributed by atoms with Gasteiger partial charge >= 0.3 is 11.8 Å². The number of ether oxygens (including phenoxy) is 2. The van der Waals surface area contributed by atoms with Gasteiger partial charge < -0.3 is 29.2 Å². The third-order valence-corrected chi connectivity index (χ3v) is 6.84. The number of hydrogen-bond acceptors (Lipinski definition) is 8. The first-order valence-electron chi connectivity index (χ1n) is 13.5. The summed E-state index contributed by atoms with van der Waals surface area (Å²) in [5, 5.41) is 23.1. The van der Waals surface area contributed by atoms with Crippen molar-refractivity contribution in [1.82, 2.24) is 14.8 Å². The van der Waals surface area contributed by atoms with E-state index in [0.29, 0.717) is 11.1 Å². The van der Waals surface area contributed by atoms with Gasteiger partial charge in [0, 0.05) is 20.0 Å². The molecule has 11 heteroatoms. The number of carbonyl (C=O) groups is 2. The van der Waals surface area contributed by atoms with Crippen LogP contribution in [-0.4, -0.2) is 69.6 Å². The molecule has 1 unspecified atom stereocenters. The molecule has 0 spiro atoms. The standard InChI is InChI=1S/C30H36N4O7/c1-29(2,3)41-28(37)34-13-12-30(4,38)18-39-25(17-34)26(35)32-22(16-31)14-19-6-8-20(9-7-19)21-10-11-24-23(15-21)33(5)27(36)40-24/h6-11,15,22,25,38H,12-14,17-18H2,1-5H3,(H,32,35)/t22-,25-,30?/m0/s1. The Morgan fingerprint density at radius 3 is 2.56 bits per heavy atom. The molecule has 3 aromatic rings. The molecular formula is C30H36N4O7. The van der Waals surface area contributed by atoms with E-state index in [1.807, 2.05) is 36.4 Å². The molecule has 3 atom stereocenters. The van der Waals surface area contributed by atoms with Crippen molar-refractivity contribution in [3.8, 4) is 17.2 Å². The molecule has 1 saturated heterocycles. The molecule has 2 N–H and O–H groups in total. The van der Waals surface area contributed by atoms with Crippen molar-refractivity contribution in [3.05, 3.63) is 58.6 Å². The summed E-state index contributed by atoms with van der Waals surface area (Å²) in [5.41, 5.74) is 1.87. The number of nitrogens with one attached hydrogen (secondary N) is 1. The number of amides is 2. The smallest absolute Gasteiger partial charge is 0.419 e. The summed E-state index contributed by atoms with van der Waals surface area (Å²) in [4.78, 5) is 39.1. The molecule has 0 aliphatic carbocycles. The van der Waals surface area contributed by atoms with Gasteiger partial charge in [-0.25, -0.2) is 9.59 Å². The number of hydrogen-bond donors (Lipinski definition) is 2. The maximum absolute atomic E-state index is 13.2. The van der Waals surface area contributed by atoms with Gasteiger partial charge in [-0.3, -0.25) is 9.36 Å². The normalized spacial score (nSPS) is 20.5. The Balaban J connectivity index is 1.43. The minimum atomic E-state index is -1.24. The fraction of sp³-hybridized carbons (Fsp3) is 0.467. The van der Waals surface area contributed by atoms with Crippen molar-refractivity contribution < 1.29 is 28.6 Å². The highest BCUT2D eigenvalue weighted by Crippen LogP contribution is 2.25. The number of fused-ring (bicyclic) bond motifs is 1. The average molecular weight is 565 g/mol. The third kappa shape index (κ3) is 7.54. The van der Waals surface area contributed by atoms with Crippen LogP contribution in [0.25, 0.3) is 22.2 Å². The zero-order valence-corrected chi connectivity index (χ0v) is 24.0. The molecule has 1 aliphatic heterocycles. The first-order valence-corrected chi connectivity index (χ1v) is 13.5. The van der Waals surface area contributed by atoms with E-state index in [1.165, 1.54) is 9.47 Å². The molecule has 0 bridgehead atoms. The highest BCUT2D eigenvalue weighted by atomic mass is 16.6. The van der Waals surface area contributed by atoms with E-state index in [9.17, 15) is 24.8 Å². The fourth-order valence-electron chi connectivity index (χ4n) is 4.49. The minimum absolute atomic E-state index is 0.0731. The molecule has 1 aromatic heterocycles. The highest BCUT2D eigenvalue weighted by Gasteiger charge is 2.35. The molecule has 1 aliphatic rings. The van der Waals surface area contributed by atoms with Gasteiger partial charge in [-0.05, 0) is 62.9 Å². The third-order valence-electron chi connectivity index (χ3n) is 6.84. The number of aryl methyl sites for hydroxylation is 1. The molecule has 1 fully saturated rings. The molecule has 218 valence electrons. The number of carbonyl (C=O) groups excluding carboxylic acids is 2. The van der Waals surface area contributed by atoms with E-state index in [-0.39, 0.29) is 32.5 Å². The van der Waals surface area contributed by atoms with Crippen LogP contribution in [0.5, 0.6) is 0 Å². The van der Waals surface area contributed by atoms with Gasteiger partial charge in [0.2, 0.25) is 0 Å². The van der Waals surface area contributed by atoms with Crippen molar-refractivity contribution >= 4 is 23.1 Å². The zero-order valence-electron chi connectivity index (χ0n) is 24.0. The van der Waals surface area contributed by atoms with E-state index in [0.717, 1.165) is 16.7 Å². The summed E-state index contributed by atoms with van der Waals surface area (Å²) >= 11 is 0. The van der Waals surface area contributed by atoms with E-state index in [2.05, 4.69) is 11.4 Å². The minimum Gasteiger partial charge on any atom is -0.444 e. The number of oxazole rings is 1. The first kappa shape index (κ1) is 29.8. The van der Waals surface area contributed by atoms with Crippen LogP contribution in [0.4, 0.5) is 4.79 Å². The Bertz CT molecular complexity index is 1510. The van der Waals surface area contributed by atoms with Gasteiger partial charge in [0.1, 0.15) is 11.6 Å². The van der Waals surface area contributed by atoms with Gasteiger partial charge in [0.25, 0.3) is 5.91 Å². The van der Waals surface area contributed by atoms with Crippen molar-refractivity contribution in [2.75, 3.05) is 19.7 Å². The topological polar surface area (TPSA) is 147 Å². The lowest BCUT2D eigenvalue weighted by Gasteiger charge is -2.36. The van der Waals surface area contributed by atoms with Crippen molar-refractivity contribution in [1.29, 1.82) is 5.26 Å². The van der Waals surface area contributed by atoms with E-state index >= 15 is 0 Å². The Kier molecular flexibility index (Phi) is 8.56. The number of nitrogens with zero attached hydrogens (tertiary/aromatic N) is 3. The molecule has 2 aromatic carbocycles. The van der Waals surface area contributed by atoms with Gasteiger partial charge in [0.05, 0.1) is 30.3 Å². The quantitative estimate of drug-likeness (QED) is 0.481. The maximum Gasteiger partial charge on any atom is 0.419 e. The summed E-state index contributed by atoms with van der Waals surface area (Å²) in [5.74, 6) is -0.983. The van der Waals surface area contributed by atoms with Crippen LogP contribution in [-0.2, 0) is 27.7 Å². The van der Waals surface area contributed by atoms with Crippen molar-refractivity contribution in [3.63, 3.8) is 0 Å². The molecule has 0 saturated carbocycles. The van der Waals surface area contributed by atoms with E-state index in [4.69, 9.17) is 13.9 Å². The second-order valence-corrected chi connectivity index (χ2v) is 11.7. The molecular weight excluding hydrogens is 528 g/mol. The van der Waals surface area contributed by atoms with Gasteiger partial charge in [-0.15, -0.1) is 0 Å². The molecule has 2 amide bonds.